The van der Waals surface area contributed by atoms with E-state index in [-0.39, 0.29) is 5.92 Å². The first-order valence-corrected chi connectivity index (χ1v) is 8.66. The highest BCUT2D eigenvalue weighted by Gasteiger charge is 2.32. The third kappa shape index (κ3) is 8.77. The van der Waals surface area contributed by atoms with Crippen LogP contribution in [0, 0.1) is 5.92 Å². The summed E-state index contributed by atoms with van der Waals surface area (Å²) in [6, 6.07) is -4.04. The Labute approximate surface area is 161 Å². The first kappa shape index (κ1) is 25.3. The summed E-state index contributed by atoms with van der Waals surface area (Å²) in [6.07, 6.45) is -1.60. The third-order valence-electron chi connectivity index (χ3n) is 4.05. The lowest BCUT2D eigenvalue weighted by Gasteiger charge is -2.26. The molecular weight excluding hydrogens is 376 g/mol. The molecule has 0 aromatic rings. The molecule has 0 heterocycles. The van der Waals surface area contributed by atoms with Crippen LogP contribution >= 0.6 is 0 Å². The highest BCUT2D eigenvalue weighted by atomic mass is 16.4. The summed E-state index contributed by atoms with van der Waals surface area (Å²) in [5, 5.41) is 33.6. The first-order chi connectivity index (χ1) is 12.9. The standard InChI is InChI=1S/C16H28N4O8/c1-4-7(2)12(17)15(27)20-13(8(3)21)16(28)19-9(5-10(22)23)14(26)18-6-11(24)25/h7-9,12-13,21H,4-6,17H2,1-3H3,(H,18,26)(H,19,28)(H,20,27)(H,22,23)(H,24,25). The number of nitrogens with two attached hydrogens (primary N) is 1. The number of hydrogen-bond donors (Lipinski definition) is 7. The molecule has 8 N–H and O–H groups in total. The highest BCUT2D eigenvalue weighted by Crippen LogP contribution is 2.06. The second-order valence-electron chi connectivity index (χ2n) is 6.41. The fourth-order valence-electron chi connectivity index (χ4n) is 2.10. The van der Waals surface area contributed by atoms with E-state index in [9.17, 15) is 29.1 Å². The van der Waals surface area contributed by atoms with E-state index in [4.69, 9.17) is 15.9 Å². The second kappa shape index (κ2) is 11.9. The van der Waals surface area contributed by atoms with Gasteiger partial charge in [0.1, 0.15) is 18.6 Å². The Morgan fingerprint density at radius 2 is 1.50 bits per heavy atom. The van der Waals surface area contributed by atoms with Crippen LogP contribution in [0.25, 0.3) is 0 Å². The number of carbonyl (C=O) groups excluding carboxylic acids is 3. The molecule has 12 nitrogen and oxygen atoms in total. The molecule has 5 atom stereocenters. The van der Waals surface area contributed by atoms with Crippen LogP contribution in [0.4, 0.5) is 0 Å². The average molecular weight is 404 g/mol. The number of aliphatic hydroxyl groups excluding tert-OH is 1. The molecular formula is C16H28N4O8. The maximum Gasteiger partial charge on any atom is 0.322 e. The van der Waals surface area contributed by atoms with Crippen LogP contribution in [0.2, 0.25) is 0 Å². The summed E-state index contributed by atoms with van der Waals surface area (Å²) in [6.45, 7) is 4.00. The van der Waals surface area contributed by atoms with Gasteiger partial charge in [-0.1, -0.05) is 20.3 Å². The van der Waals surface area contributed by atoms with Crippen LogP contribution in [0.3, 0.4) is 0 Å². The molecule has 0 saturated carbocycles. The smallest absolute Gasteiger partial charge is 0.322 e. The minimum atomic E-state index is -1.61. The molecule has 0 saturated heterocycles. The molecule has 0 radical (unpaired) electrons. The Morgan fingerprint density at radius 3 is 1.93 bits per heavy atom. The van der Waals surface area contributed by atoms with Gasteiger partial charge in [0.25, 0.3) is 0 Å². The number of carboxylic acid groups (broad SMARTS) is 2. The summed E-state index contributed by atoms with van der Waals surface area (Å²) in [4.78, 5) is 58.0. The molecule has 0 fully saturated rings. The Hall–Kier alpha value is -2.73. The predicted molar refractivity (Wildman–Crippen MR) is 95.9 cm³/mol. The minimum Gasteiger partial charge on any atom is -0.481 e. The number of carboxylic acids is 2. The van der Waals surface area contributed by atoms with Crippen molar-refractivity contribution in [2.24, 2.45) is 11.7 Å². The summed E-state index contributed by atoms with van der Waals surface area (Å²) in [7, 11) is 0. The number of rotatable bonds is 12. The molecule has 0 spiro atoms. The largest absolute Gasteiger partial charge is 0.481 e. The van der Waals surface area contributed by atoms with Crippen molar-refractivity contribution < 1.29 is 39.3 Å². The Morgan fingerprint density at radius 1 is 0.929 bits per heavy atom. The quantitative estimate of drug-likeness (QED) is 0.181. The van der Waals surface area contributed by atoms with Crippen molar-refractivity contribution in [2.75, 3.05) is 6.54 Å². The van der Waals surface area contributed by atoms with Gasteiger partial charge in [0, 0.05) is 0 Å². The van der Waals surface area contributed by atoms with Gasteiger partial charge in [0.2, 0.25) is 17.7 Å². The summed E-state index contributed by atoms with van der Waals surface area (Å²) in [5.41, 5.74) is 5.78. The number of hydrogen-bond acceptors (Lipinski definition) is 7. The normalized spacial score (nSPS) is 16.0. The fourth-order valence-corrected chi connectivity index (χ4v) is 2.10. The molecule has 0 aromatic carbocycles. The van der Waals surface area contributed by atoms with E-state index in [1.807, 2.05) is 12.2 Å². The molecule has 28 heavy (non-hydrogen) atoms. The van der Waals surface area contributed by atoms with Crippen LogP contribution in [0.5, 0.6) is 0 Å². The van der Waals surface area contributed by atoms with Crippen LogP contribution in [-0.4, -0.2) is 75.8 Å². The van der Waals surface area contributed by atoms with E-state index >= 15 is 0 Å². The van der Waals surface area contributed by atoms with Crippen molar-refractivity contribution in [1.29, 1.82) is 0 Å². The monoisotopic (exact) mass is 404 g/mol. The lowest BCUT2D eigenvalue weighted by Crippen LogP contribution is -2.60. The summed E-state index contributed by atoms with van der Waals surface area (Å²) < 4.78 is 0. The summed E-state index contributed by atoms with van der Waals surface area (Å²) in [5.74, 6) is -5.73. The topological polar surface area (TPSA) is 208 Å². The Balaban J connectivity index is 5.23. The van der Waals surface area contributed by atoms with Gasteiger partial charge in [0.15, 0.2) is 0 Å². The zero-order valence-electron chi connectivity index (χ0n) is 16.0. The molecule has 160 valence electrons. The molecule has 0 bridgehead atoms. The van der Waals surface area contributed by atoms with Crippen molar-refractivity contribution in [3.05, 3.63) is 0 Å². The molecule has 0 aliphatic carbocycles. The Kier molecular flexibility index (Phi) is 10.7. The lowest BCUT2D eigenvalue weighted by atomic mass is 9.98. The minimum absolute atomic E-state index is 0.195. The number of nitrogens with one attached hydrogen (secondary N) is 3. The van der Waals surface area contributed by atoms with Crippen molar-refractivity contribution >= 4 is 29.7 Å². The van der Waals surface area contributed by atoms with E-state index in [1.54, 1.807) is 6.92 Å². The fraction of sp³-hybridized carbons (Fsp3) is 0.688. The van der Waals surface area contributed by atoms with Crippen LogP contribution < -0.4 is 21.7 Å². The predicted octanol–water partition coefficient (Wildman–Crippen LogP) is -2.61. The van der Waals surface area contributed by atoms with Gasteiger partial charge in [-0.25, -0.2) is 0 Å². The van der Waals surface area contributed by atoms with Crippen molar-refractivity contribution in [3.63, 3.8) is 0 Å². The van der Waals surface area contributed by atoms with E-state index < -0.39 is 66.9 Å². The van der Waals surface area contributed by atoms with Crippen molar-refractivity contribution in [1.82, 2.24) is 16.0 Å². The van der Waals surface area contributed by atoms with Crippen LogP contribution in [0.1, 0.15) is 33.6 Å². The van der Waals surface area contributed by atoms with E-state index in [2.05, 4.69) is 10.6 Å². The molecule has 0 aliphatic heterocycles. The molecule has 0 aliphatic rings. The number of aliphatic carboxylic acids is 2. The van der Waals surface area contributed by atoms with Gasteiger partial charge in [-0.15, -0.1) is 0 Å². The summed E-state index contributed by atoms with van der Waals surface area (Å²) >= 11 is 0. The zero-order valence-corrected chi connectivity index (χ0v) is 16.0. The van der Waals surface area contributed by atoms with Crippen molar-refractivity contribution in [2.45, 2.75) is 57.8 Å². The molecule has 3 amide bonds. The van der Waals surface area contributed by atoms with E-state index in [0.717, 1.165) is 0 Å². The van der Waals surface area contributed by atoms with Gasteiger partial charge in [-0.3, -0.25) is 24.0 Å². The number of carbonyl (C=O) groups is 5. The highest BCUT2D eigenvalue weighted by molar-refractivity contribution is 5.95. The van der Waals surface area contributed by atoms with Gasteiger partial charge in [-0.05, 0) is 12.8 Å². The SMILES string of the molecule is CCC(C)C(N)C(=O)NC(C(=O)NC(CC(=O)O)C(=O)NCC(=O)O)C(C)O. The maximum atomic E-state index is 12.4. The van der Waals surface area contributed by atoms with Gasteiger partial charge < -0.3 is 37.0 Å². The lowest BCUT2D eigenvalue weighted by molar-refractivity contribution is -0.142. The molecule has 12 heteroatoms. The average Bonchev–Trinajstić information content (AvgIpc) is 2.60. The maximum absolute atomic E-state index is 12.4. The molecule has 5 unspecified atom stereocenters. The van der Waals surface area contributed by atoms with E-state index in [1.165, 1.54) is 6.92 Å². The molecule has 0 aromatic heterocycles. The number of amides is 3. The van der Waals surface area contributed by atoms with Gasteiger partial charge in [0.05, 0.1) is 18.6 Å². The van der Waals surface area contributed by atoms with Crippen molar-refractivity contribution in [3.8, 4) is 0 Å². The van der Waals surface area contributed by atoms with Crippen LogP contribution in [-0.2, 0) is 24.0 Å². The van der Waals surface area contributed by atoms with Gasteiger partial charge in [-0.2, -0.15) is 0 Å². The first-order valence-electron chi connectivity index (χ1n) is 8.66. The Bertz CT molecular complexity index is 595. The molecule has 0 rings (SSSR count). The number of aliphatic hydroxyl groups is 1. The van der Waals surface area contributed by atoms with E-state index in [0.29, 0.717) is 6.42 Å². The van der Waals surface area contributed by atoms with Crippen LogP contribution in [0.15, 0.2) is 0 Å². The second-order valence-corrected chi connectivity index (χ2v) is 6.41. The third-order valence-corrected chi connectivity index (χ3v) is 4.05. The zero-order chi connectivity index (χ0) is 22.0. The van der Waals surface area contributed by atoms with Gasteiger partial charge >= 0.3 is 11.9 Å².